The van der Waals surface area contributed by atoms with Crippen molar-refractivity contribution >= 4 is 15.9 Å². The SMILES string of the molecule is C=CCNC(=O)c1cccc(S(=O)(=O)NCC=C)c1. The third kappa shape index (κ3) is 4.35. The Bertz CT molecular complexity index is 579. The summed E-state index contributed by atoms with van der Waals surface area (Å²) in [4.78, 5) is 11.7. The molecule has 0 spiro atoms. The second kappa shape index (κ2) is 6.86. The summed E-state index contributed by atoms with van der Waals surface area (Å²) in [5, 5.41) is 2.58. The van der Waals surface area contributed by atoms with E-state index in [1.165, 1.54) is 24.3 Å². The molecule has 1 rings (SSSR count). The zero-order valence-electron chi connectivity index (χ0n) is 10.4. The van der Waals surface area contributed by atoms with E-state index in [0.717, 1.165) is 0 Å². The molecule has 0 saturated carbocycles. The summed E-state index contributed by atoms with van der Waals surface area (Å²) >= 11 is 0. The molecule has 6 heteroatoms. The summed E-state index contributed by atoms with van der Waals surface area (Å²) in [7, 11) is -3.62. The van der Waals surface area contributed by atoms with Crippen molar-refractivity contribution in [2.45, 2.75) is 4.90 Å². The molecule has 0 aliphatic heterocycles. The van der Waals surface area contributed by atoms with Crippen LogP contribution in [0.4, 0.5) is 0 Å². The van der Waals surface area contributed by atoms with E-state index in [2.05, 4.69) is 23.2 Å². The van der Waals surface area contributed by atoms with Crippen LogP contribution in [0, 0.1) is 0 Å². The van der Waals surface area contributed by atoms with E-state index in [0.29, 0.717) is 6.54 Å². The Labute approximate surface area is 113 Å². The van der Waals surface area contributed by atoms with Crippen LogP contribution in [0.25, 0.3) is 0 Å². The van der Waals surface area contributed by atoms with Gasteiger partial charge in [0.2, 0.25) is 10.0 Å². The molecule has 1 aromatic rings. The summed E-state index contributed by atoms with van der Waals surface area (Å²) in [5.41, 5.74) is 0.281. The number of hydrogen-bond acceptors (Lipinski definition) is 3. The van der Waals surface area contributed by atoms with Crippen molar-refractivity contribution in [2.24, 2.45) is 0 Å². The highest BCUT2D eigenvalue weighted by atomic mass is 32.2. The van der Waals surface area contributed by atoms with E-state index in [4.69, 9.17) is 0 Å². The molecule has 0 saturated heterocycles. The topological polar surface area (TPSA) is 75.3 Å². The number of carbonyl (C=O) groups excluding carboxylic acids is 1. The molecule has 0 bridgehead atoms. The van der Waals surface area contributed by atoms with Crippen molar-refractivity contribution < 1.29 is 13.2 Å². The van der Waals surface area contributed by atoms with Crippen LogP contribution in [0.2, 0.25) is 0 Å². The number of amides is 1. The minimum atomic E-state index is -3.62. The van der Waals surface area contributed by atoms with E-state index in [1.54, 1.807) is 12.1 Å². The van der Waals surface area contributed by atoms with E-state index < -0.39 is 10.0 Å². The van der Waals surface area contributed by atoms with Crippen molar-refractivity contribution in [1.29, 1.82) is 0 Å². The molecule has 102 valence electrons. The van der Waals surface area contributed by atoms with Gasteiger partial charge in [-0.3, -0.25) is 4.79 Å². The van der Waals surface area contributed by atoms with Gasteiger partial charge in [-0.05, 0) is 18.2 Å². The van der Waals surface area contributed by atoms with Crippen molar-refractivity contribution in [3.8, 4) is 0 Å². The molecule has 0 aromatic heterocycles. The predicted octanol–water partition coefficient (Wildman–Crippen LogP) is 1.07. The fraction of sp³-hybridized carbons (Fsp3) is 0.154. The molecule has 1 aromatic carbocycles. The molecule has 2 N–H and O–H groups in total. The Morgan fingerprint density at radius 1 is 1.21 bits per heavy atom. The van der Waals surface area contributed by atoms with Crippen LogP contribution in [0.1, 0.15) is 10.4 Å². The molecule has 0 unspecified atom stereocenters. The predicted molar refractivity (Wildman–Crippen MR) is 74.4 cm³/mol. The monoisotopic (exact) mass is 280 g/mol. The molecular formula is C13H16N2O3S. The second-order valence-corrected chi connectivity index (χ2v) is 5.43. The number of hydrogen-bond donors (Lipinski definition) is 2. The second-order valence-electron chi connectivity index (χ2n) is 3.67. The van der Waals surface area contributed by atoms with Gasteiger partial charge in [-0.2, -0.15) is 0 Å². The van der Waals surface area contributed by atoms with Gasteiger partial charge in [0.25, 0.3) is 5.91 Å². The Kier molecular flexibility index (Phi) is 5.47. The lowest BCUT2D eigenvalue weighted by Gasteiger charge is -2.07. The van der Waals surface area contributed by atoms with Crippen LogP contribution < -0.4 is 10.0 Å². The number of nitrogens with one attached hydrogen (secondary N) is 2. The van der Waals surface area contributed by atoms with Crippen molar-refractivity contribution in [3.05, 3.63) is 55.1 Å². The third-order valence-corrected chi connectivity index (χ3v) is 3.65. The van der Waals surface area contributed by atoms with Crippen molar-refractivity contribution in [3.63, 3.8) is 0 Å². The van der Waals surface area contributed by atoms with Crippen LogP contribution >= 0.6 is 0 Å². The van der Waals surface area contributed by atoms with E-state index in [9.17, 15) is 13.2 Å². The normalized spacial score (nSPS) is 10.7. The van der Waals surface area contributed by atoms with Crippen molar-refractivity contribution in [1.82, 2.24) is 10.0 Å². The smallest absolute Gasteiger partial charge is 0.251 e. The van der Waals surface area contributed by atoms with E-state index in [-0.39, 0.29) is 22.9 Å². The maximum atomic E-state index is 11.9. The van der Waals surface area contributed by atoms with Gasteiger partial charge >= 0.3 is 0 Å². The maximum Gasteiger partial charge on any atom is 0.251 e. The molecule has 0 heterocycles. The molecule has 5 nitrogen and oxygen atoms in total. The number of carbonyl (C=O) groups is 1. The molecule has 0 atom stereocenters. The fourth-order valence-corrected chi connectivity index (χ4v) is 2.37. The Morgan fingerprint density at radius 2 is 1.89 bits per heavy atom. The first kappa shape index (κ1) is 15.1. The zero-order chi connectivity index (χ0) is 14.3. The van der Waals surface area contributed by atoms with E-state index >= 15 is 0 Å². The van der Waals surface area contributed by atoms with Gasteiger partial charge in [-0.15, -0.1) is 13.2 Å². The standard InChI is InChI=1S/C13H16N2O3S/c1-3-8-14-13(16)11-6-5-7-12(10-11)19(17,18)15-9-4-2/h3-7,10,15H,1-2,8-9H2,(H,14,16). The number of rotatable bonds is 7. The lowest BCUT2D eigenvalue weighted by Crippen LogP contribution is -2.25. The molecule has 0 radical (unpaired) electrons. The van der Waals surface area contributed by atoms with Crippen molar-refractivity contribution in [2.75, 3.05) is 13.1 Å². The maximum absolute atomic E-state index is 11.9. The van der Waals surface area contributed by atoms with Gasteiger partial charge in [-0.25, -0.2) is 13.1 Å². The fourth-order valence-electron chi connectivity index (χ4n) is 1.32. The average molecular weight is 280 g/mol. The van der Waals surface area contributed by atoms with E-state index in [1.807, 2.05) is 0 Å². The molecular weight excluding hydrogens is 264 g/mol. The van der Waals surface area contributed by atoms with Gasteiger partial charge in [0.05, 0.1) is 4.90 Å². The Hall–Kier alpha value is -1.92. The summed E-state index contributed by atoms with van der Waals surface area (Å²) in [6.07, 6.45) is 2.99. The molecule has 0 aliphatic rings. The number of benzene rings is 1. The summed E-state index contributed by atoms with van der Waals surface area (Å²) in [5.74, 6) is -0.347. The molecule has 0 fully saturated rings. The lowest BCUT2D eigenvalue weighted by atomic mass is 10.2. The largest absolute Gasteiger partial charge is 0.349 e. The first-order valence-corrected chi connectivity index (χ1v) is 7.09. The highest BCUT2D eigenvalue weighted by Crippen LogP contribution is 2.11. The van der Waals surface area contributed by atoms with Crippen LogP contribution in [0.3, 0.4) is 0 Å². The minimum absolute atomic E-state index is 0.0422. The van der Waals surface area contributed by atoms with Gasteiger partial charge < -0.3 is 5.32 Å². The van der Waals surface area contributed by atoms with Crippen LogP contribution in [-0.2, 0) is 10.0 Å². The molecule has 1 amide bonds. The van der Waals surface area contributed by atoms with Gasteiger partial charge in [0.1, 0.15) is 0 Å². The molecule has 19 heavy (non-hydrogen) atoms. The van der Waals surface area contributed by atoms with Gasteiger partial charge in [-0.1, -0.05) is 18.2 Å². The van der Waals surface area contributed by atoms with Crippen LogP contribution in [0.5, 0.6) is 0 Å². The Morgan fingerprint density at radius 3 is 2.53 bits per heavy atom. The summed E-state index contributed by atoms with van der Waals surface area (Å²) in [6, 6.07) is 5.82. The Balaban J connectivity index is 2.96. The van der Waals surface area contributed by atoms with Crippen LogP contribution in [0.15, 0.2) is 54.5 Å². The minimum Gasteiger partial charge on any atom is -0.349 e. The van der Waals surface area contributed by atoms with Gasteiger partial charge in [0, 0.05) is 18.7 Å². The highest BCUT2D eigenvalue weighted by molar-refractivity contribution is 7.89. The number of sulfonamides is 1. The quantitative estimate of drug-likeness (QED) is 0.734. The van der Waals surface area contributed by atoms with Gasteiger partial charge in [0.15, 0.2) is 0 Å². The van der Waals surface area contributed by atoms with Crippen LogP contribution in [-0.4, -0.2) is 27.4 Å². The average Bonchev–Trinajstić information content (AvgIpc) is 2.42. The third-order valence-electron chi connectivity index (χ3n) is 2.23. The summed E-state index contributed by atoms with van der Waals surface area (Å²) < 4.78 is 26.1. The first-order valence-electron chi connectivity index (χ1n) is 5.61. The first-order chi connectivity index (χ1) is 9.01. The molecule has 0 aliphatic carbocycles. The zero-order valence-corrected chi connectivity index (χ0v) is 11.2. The lowest BCUT2D eigenvalue weighted by molar-refractivity contribution is 0.0958. The summed E-state index contributed by atoms with van der Waals surface area (Å²) in [6.45, 7) is 7.38. The highest BCUT2D eigenvalue weighted by Gasteiger charge is 2.14.